The van der Waals surface area contributed by atoms with Crippen molar-refractivity contribution in [3.05, 3.63) is 88.1 Å². The van der Waals surface area contributed by atoms with E-state index >= 15 is 0 Å². The van der Waals surface area contributed by atoms with Gasteiger partial charge in [0.05, 0.1) is 11.1 Å². The third-order valence-corrected chi connectivity index (χ3v) is 4.18. The molecule has 1 aliphatic carbocycles. The fraction of sp³-hybridized carbons (Fsp3) is 0.0526. The minimum absolute atomic E-state index is 0.0691. The van der Waals surface area contributed by atoms with Gasteiger partial charge >= 0.3 is 6.18 Å². The van der Waals surface area contributed by atoms with E-state index in [4.69, 9.17) is 4.42 Å². The largest absolute Gasteiger partial charge is 0.450 e. The van der Waals surface area contributed by atoms with Gasteiger partial charge in [-0.25, -0.2) is 0 Å². The van der Waals surface area contributed by atoms with Gasteiger partial charge in [-0.05, 0) is 12.1 Å². The van der Waals surface area contributed by atoms with Crippen molar-refractivity contribution in [2.24, 2.45) is 0 Å². The van der Waals surface area contributed by atoms with Crippen LogP contribution in [0.15, 0.2) is 53.2 Å². The van der Waals surface area contributed by atoms with Gasteiger partial charge in [0.1, 0.15) is 0 Å². The zero-order chi connectivity index (χ0) is 19.3. The molecule has 0 fully saturated rings. The molecular weight excluding hydrogens is 363 g/mol. The number of halogens is 3. The molecule has 0 radical (unpaired) electrons. The molecule has 2 aromatic heterocycles. The SMILES string of the molecule is O=C1c2ccccc2C(=O)c2c1oc(C(F)(F)F)c2C(=O)c1ccncc1. The summed E-state index contributed by atoms with van der Waals surface area (Å²) < 4.78 is 45.3. The molecule has 27 heavy (non-hydrogen) atoms. The van der Waals surface area contributed by atoms with Gasteiger partial charge in [-0.2, -0.15) is 13.2 Å². The Morgan fingerprint density at radius 2 is 1.52 bits per heavy atom. The van der Waals surface area contributed by atoms with Crippen LogP contribution in [0.5, 0.6) is 0 Å². The number of aromatic nitrogens is 1. The second kappa shape index (κ2) is 5.73. The lowest BCUT2D eigenvalue weighted by Gasteiger charge is -2.13. The van der Waals surface area contributed by atoms with Crippen molar-refractivity contribution in [2.75, 3.05) is 0 Å². The van der Waals surface area contributed by atoms with Gasteiger partial charge in [0.25, 0.3) is 0 Å². The molecular formula is C19H8F3NO4. The fourth-order valence-corrected chi connectivity index (χ4v) is 3.01. The minimum atomic E-state index is -5.07. The Balaban J connectivity index is 2.02. The van der Waals surface area contributed by atoms with Crippen molar-refractivity contribution < 1.29 is 32.0 Å². The van der Waals surface area contributed by atoms with Crippen LogP contribution < -0.4 is 0 Å². The van der Waals surface area contributed by atoms with Crippen LogP contribution in [0, 0.1) is 0 Å². The summed E-state index contributed by atoms with van der Waals surface area (Å²) in [5, 5.41) is 0. The van der Waals surface area contributed by atoms with E-state index in [0.29, 0.717) is 0 Å². The van der Waals surface area contributed by atoms with Crippen molar-refractivity contribution in [3.8, 4) is 0 Å². The average molecular weight is 371 g/mol. The maximum absolute atomic E-state index is 13.5. The van der Waals surface area contributed by atoms with Crippen LogP contribution in [0.25, 0.3) is 0 Å². The summed E-state index contributed by atoms with van der Waals surface area (Å²) in [6.07, 6.45) is -2.60. The Labute approximate surface area is 149 Å². The van der Waals surface area contributed by atoms with Crippen LogP contribution >= 0.6 is 0 Å². The summed E-state index contributed by atoms with van der Waals surface area (Å²) in [7, 11) is 0. The number of hydrogen-bond acceptors (Lipinski definition) is 5. The van der Waals surface area contributed by atoms with Gasteiger partial charge in [0.15, 0.2) is 17.3 Å². The van der Waals surface area contributed by atoms with E-state index in [2.05, 4.69) is 4.98 Å². The number of pyridine rings is 1. The van der Waals surface area contributed by atoms with Crippen LogP contribution in [0.2, 0.25) is 0 Å². The van der Waals surface area contributed by atoms with E-state index in [1.807, 2.05) is 0 Å². The first-order valence-electron chi connectivity index (χ1n) is 7.68. The summed E-state index contributed by atoms with van der Waals surface area (Å²) in [6.45, 7) is 0. The molecule has 0 spiro atoms. The number of hydrogen-bond donors (Lipinski definition) is 0. The van der Waals surface area contributed by atoms with Gasteiger partial charge in [-0.15, -0.1) is 0 Å². The lowest BCUT2D eigenvalue weighted by molar-refractivity contribution is -0.153. The van der Waals surface area contributed by atoms with Crippen LogP contribution in [0.3, 0.4) is 0 Å². The molecule has 0 bridgehead atoms. The fourth-order valence-electron chi connectivity index (χ4n) is 3.01. The molecule has 0 N–H and O–H groups in total. The predicted octanol–water partition coefficient (Wildman–Crippen LogP) is 3.70. The molecule has 8 heteroatoms. The molecule has 2 heterocycles. The minimum Gasteiger partial charge on any atom is -0.446 e. The van der Waals surface area contributed by atoms with E-state index in [-0.39, 0.29) is 16.7 Å². The van der Waals surface area contributed by atoms with Crippen molar-refractivity contribution in [1.82, 2.24) is 4.98 Å². The second-order valence-electron chi connectivity index (χ2n) is 5.78. The Morgan fingerprint density at radius 3 is 2.11 bits per heavy atom. The second-order valence-corrected chi connectivity index (χ2v) is 5.78. The average Bonchev–Trinajstić information content (AvgIpc) is 3.08. The maximum atomic E-state index is 13.5. The molecule has 5 nitrogen and oxygen atoms in total. The van der Waals surface area contributed by atoms with Crippen LogP contribution in [-0.2, 0) is 6.18 Å². The number of benzene rings is 1. The van der Waals surface area contributed by atoms with Crippen LogP contribution in [-0.4, -0.2) is 22.3 Å². The summed E-state index contributed by atoms with van der Waals surface area (Å²) >= 11 is 0. The summed E-state index contributed by atoms with van der Waals surface area (Å²) in [5.74, 6) is -5.25. The van der Waals surface area contributed by atoms with E-state index in [1.165, 1.54) is 48.8 Å². The number of nitrogens with zero attached hydrogens (tertiary/aromatic N) is 1. The third-order valence-electron chi connectivity index (χ3n) is 4.18. The molecule has 0 unspecified atom stereocenters. The molecule has 134 valence electrons. The van der Waals surface area contributed by atoms with Gasteiger partial charge in [-0.1, -0.05) is 24.3 Å². The molecule has 3 aromatic rings. The molecule has 0 amide bonds. The number of rotatable bonds is 2. The zero-order valence-electron chi connectivity index (χ0n) is 13.3. The van der Waals surface area contributed by atoms with Gasteiger partial charge in [0, 0.05) is 29.1 Å². The molecule has 0 aliphatic heterocycles. The topological polar surface area (TPSA) is 77.2 Å². The molecule has 0 saturated carbocycles. The number of carbonyl (C=O) groups is 3. The van der Waals surface area contributed by atoms with Gasteiger partial charge in [0.2, 0.25) is 11.5 Å². The number of ketones is 3. The smallest absolute Gasteiger partial charge is 0.446 e. The number of carbonyl (C=O) groups excluding carboxylic acids is 3. The van der Waals surface area contributed by atoms with E-state index < -0.39 is 46.2 Å². The normalized spacial score (nSPS) is 13.3. The van der Waals surface area contributed by atoms with Gasteiger partial charge in [-0.3, -0.25) is 19.4 Å². The Bertz CT molecular complexity index is 1110. The maximum Gasteiger partial charge on any atom is 0.450 e. The number of furan rings is 1. The van der Waals surface area contributed by atoms with Crippen molar-refractivity contribution in [3.63, 3.8) is 0 Å². The molecule has 0 atom stereocenters. The summed E-state index contributed by atoms with van der Waals surface area (Å²) in [4.78, 5) is 41.8. The first-order chi connectivity index (χ1) is 12.8. The standard InChI is InChI=1S/C19H8F3NO4/c20-19(21,22)18-13(14(24)9-5-7-23-8-6-9)12-15(25)10-3-1-2-4-11(10)16(26)17(12)27-18/h1-8H. The van der Waals surface area contributed by atoms with E-state index in [1.54, 1.807) is 0 Å². The summed E-state index contributed by atoms with van der Waals surface area (Å²) in [5.41, 5.74) is -1.88. The van der Waals surface area contributed by atoms with Crippen molar-refractivity contribution in [1.29, 1.82) is 0 Å². The van der Waals surface area contributed by atoms with Crippen LogP contribution in [0.4, 0.5) is 13.2 Å². The Hall–Kier alpha value is -3.55. The van der Waals surface area contributed by atoms with Crippen LogP contribution in [0.1, 0.15) is 53.7 Å². The first-order valence-corrected chi connectivity index (χ1v) is 7.68. The van der Waals surface area contributed by atoms with E-state index in [9.17, 15) is 27.6 Å². The lowest BCUT2D eigenvalue weighted by Crippen LogP contribution is -2.22. The highest BCUT2D eigenvalue weighted by Crippen LogP contribution is 2.41. The highest BCUT2D eigenvalue weighted by Gasteiger charge is 2.47. The first kappa shape index (κ1) is 16.9. The summed E-state index contributed by atoms with van der Waals surface area (Å²) in [6, 6.07) is 8.02. The van der Waals surface area contributed by atoms with Crippen molar-refractivity contribution >= 4 is 17.3 Å². The third kappa shape index (κ3) is 2.49. The molecule has 1 aromatic carbocycles. The number of alkyl halides is 3. The Morgan fingerprint density at radius 1 is 0.926 bits per heavy atom. The van der Waals surface area contributed by atoms with Gasteiger partial charge < -0.3 is 4.42 Å². The Kier molecular flexibility index (Phi) is 3.59. The lowest BCUT2D eigenvalue weighted by atomic mass is 9.85. The van der Waals surface area contributed by atoms with E-state index in [0.717, 1.165) is 0 Å². The van der Waals surface area contributed by atoms with Crippen molar-refractivity contribution in [2.45, 2.75) is 6.18 Å². The highest BCUT2D eigenvalue weighted by molar-refractivity contribution is 6.31. The predicted molar refractivity (Wildman–Crippen MR) is 84.7 cm³/mol. The monoisotopic (exact) mass is 371 g/mol. The molecule has 0 saturated heterocycles. The molecule has 1 aliphatic rings. The quantitative estimate of drug-likeness (QED) is 0.502. The zero-order valence-corrected chi connectivity index (χ0v) is 13.3. The number of fused-ring (bicyclic) bond motifs is 2. The molecule has 4 rings (SSSR count). The highest BCUT2D eigenvalue weighted by atomic mass is 19.4.